The van der Waals surface area contributed by atoms with E-state index in [1.54, 1.807) is 18.2 Å². The Hall–Kier alpha value is -4.58. The minimum absolute atomic E-state index is 0.00745. The van der Waals surface area contributed by atoms with Gasteiger partial charge in [-0.15, -0.1) is 0 Å². The van der Waals surface area contributed by atoms with Crippen LogP contribution in [0.4, 0.5) is 11.5 Å². The van der Waals surface area contributed by atoms with Crippen LogP contribution in [0.3, 0.4) is 0 Å². The van der Waals surface area contributed by atoms with Crippen molar-refractivity contribution in [3.05, 3.63) is 59.4 Å². The first-order chi connectivity index (χ1) is 21.4. The van der Waals surface area contributed by atoms with Crippen LogP contribution in [0.1, 0.15) is 64.9 Å². The second kappa shape index (κ2) is 14.3. The van der Waals surface area contributed by atoms with Gasteiger partial charge in [-0.25, -0.2) is 4.98 Å². The molecule has 5 N–H and O–H groups in total. The van der Waals surface area contributed by atoms with Crippen molar-refractivity contribution in [2.24, 2.45) is 11.7 Å². The van der Waals surface area contributed by atoms with Gasteiger partial charge in [0.1, 0.15) is 18.1 Å². The fourth-order valence-electron chi connectivity index (χ4n) is 5.96. The third kappa shape index (κ3) is 6.96. The molecule has 5 rings (SSSR count). The molecule has 232 valence electrons. The molecule has 1 saturated heterocycles. The van der Waals surface area contributed by atoms with Crippen LogP contribution in [-0.2, 0) is 14.3 Å². The highest BCUT2D eigenvalue weighted by Crippen LogP contribution is 2.32. The van der Waals surface area contributed by atoms with E-state index in [4.69, 9.17) is 20.9 Å². The zero-order chi connectivity index (χ0) is 31.1. The molecule has 0 radical (unpaired) electrons. The number of nitrogens with one attached hydrogen (secondary N) is 3. The van der Waals surface area contributed by atoms with E-state index in [2.05, 4.69) is 15.5 Å². The number of primary amides is 1. The summed E-state index contributed by atoms with van der Waals surface area (Å²) in [6, 6.07) is 10.1. The molecular formula is C32H39N7O5. The van der Waals surface area contributed by atoms with Crippen molar-refractivity contribution in [2.75, 3.05) is 43.1 Å². The number of anilines is 2. The average Bonchev–Trinajstić information content (AvgIpc) is 3.26. The number of hydrogen-bond donors (Lipinski definition) is 4. The maximum Gasteiger partial charge on any atom is 0.262 e. The first-order valence-corrected chi connectivity index (χ1v) is 15.1. The van der Waals surface area contributed by atoms with Crippen LogP contribution in [0.2, 0.25) is 0 Å². The van der Waals surface area contributed by atoms with Gasteiger partial charge < -0.3 is 36.2 Å². The Morgan fingerprint density at radius 1 is 1.14 bits per heavy atom. The molecule has 3 heterocycles. The Labute approximate surface area is 256 Å². The number of pyridine rings is 1. The molecule has 2 fully saturated rings. The van der Waals surface area contributed by atoms with Crippen molar-refractivity contribution in [1.82, 2.24) is 15.2 Å². The van der Waals surface area contributed by atoms with Gasteiger partial charge in [0.2, 0.25) is 5.91 Å². The van der Waals surface area contributed by atoms with Gasteiger partial charge >= 0.3 is 0 Å². The number of imide groups is 1. The molecule has 2 aliphatic heterocycles. The van der Waals surface area contributed by atoms with Crippen molar-refractivity contribution in [3.63, 3.8) is 0 Å². The largest absolute Gasteiger partial charge is 0.388 e. The fraction of sp³-hybridized carbons (Fsp3) is 0.438. The molecule has 3 amide bonds. The van der Waals surface area contributed by atoms with Gasteiger partial charge in [0.25, 0.3) is 11.8 Å². The van der Waals surface area contributed by atoms with Crippen molar-refractivity contribution < 1.29 is 23.9 Å². The number of allylic oxidation sites excluding steroid dienone is 1. The maximum absolute atomic E-state index is 13.0. The Morgan fingerprint density at radius 2 is 1.91 bits per heavy atom. The fourth-order valence-corrected chi connectivity index (χ4v) is 5.96. The number of benzene rings is 1. The number of rotatable bonds is 15. The first-order valence-electron chi connectivity index (χ1n) is 15.1. The summed E-state index contributed by atoms with van der Waals surface area (Å²) in [7, 11) is 0. The second-order valence-electron chi connectivity index (χ2n) is 11.4. The number of morpholine rings is 1. The zero-order valence-electron chi connectivity index (χ0n) is 24.7. The molecule has 1 aromatic heterocycles. The SMILES string of the molecule is N=C/C(=C\NC1CC(CCCNc2ccc3c(c2)C(=O)N(C(CCC=O)C(N)=O)C3=O)C1)c1cccc(N2CCOCC2)n1. The van der Waals surface area contributed by atoms with Crippen molar-refractivity contribution in [3.8, 4) is 0 Å². The van der Waals surface area contributed by atoms with E-state index in [1.807, 2.05) is 24.4 Å². The molecule has 2 aromatic rings. The smallest absolute Gasteiger partial charge is 0.262 e. The van der Waals surface area contributed by atoms with Gasteiger partial charge in [-0.2, -0.15) is 0 Å². The second-order valence-corrected chi connectivity index (χ2v) is 11.4. The molecule has 1 atom stereocenters. The lowest BCUT2D eigenvalue weighted by Gasteiger charge is -2.36. The molecule has 0 bridgehead atoms. The third-order valence-electron chi connectivity index (χ3n) is 8.47. The topological polar surface area (TPSA) is 171 Å². The number of hydrogen-bond acceptors (Lipinski definition) is 10. The van der Waals surface area contributed by atoms with E-state index < -0.39 is 23.8 Å². The van der Waals surface area contributed by atoms with Crippen molar-refractivity contribution in [2.45, 2.75) is 50.6 Å². The summed E-state index contributed by atoms with van der Waals surface area (Å²) < 4.78 is 5.44. The Balaban J connectivity index is 1.06. The van der Waals surface area contributed by atoms with Gasteiger partial charge in [-0.1, -0.05) is 6.07 Å². The molecule has 12 heteroatoms. The number of carbonyl (C=O) groups excluding carboxylic acids is 4. The average molecular weight is 602 g/mol. The van der Waals surface area contributed by atoms with Crippen molar-refractivity contribution in [1.29, 1.82) is 5.41 Å². The molecular weight excluding hydrogens is 562 g/mol. The molecule has 1 aliphatic carbocycles. The quantitative estimate of drug-likeness (QED) is 0.104. The lowest BCUT2D eigenvalue weighted by Crippen LogP contribution is -2.47. The normalized spacial score (nSPS) is 20.5. The van der Waals surface area contributed by atoms with E-state index in [1.165, 1.54) is 6.21 Å². The lowest BCUT2D eigenvalue weighted by molar-refractivity contribution is -0.122. The number of fused-ring (bicyclic) bond motifs is 1. The summed E-state index contributed by atoms with van der Waals surface area (Å²) in [4.78, 5) is 56.4. The number of amides is 3. The summed E-state index contributed by atoms with van der Waals surface area (Å²) in [5.74, 6) is -0.443. The van der Waals surface area contributed by atoms with Crippen LogP contribution in [-0.4, -0.2) is 85.0 Å². The molecule has 3 aliphatic rings. The van der Waals surface area contributed by atoms with E-state index in [-0.39, 0.29) is 24.0 Å². The van der Waals surface area contributed by atoms with Crippen LogP contribution < -0.4 is 21.3 Å². The lowest BCUT2D eigenvalue weighted by atomic mass is 9.77. The van der Waals surface area contributed by atoms with Crippen LogP contribution in [0, 0.1) is 11.3 Å². The van der Waals surface area contributed by atoms with Gasteiger partial charge in [-0.05, 0) is 68.4 Å². The predicted octanol–water partition coefficient (Wildman–Crippen LogP) is 2.60. The Morgan fingerprint density at radius 3 is 2.64 bits per heavy atom. The van der Waals surface area contributed by atoms with E-state index in [9.17, 15) is 19.2 Å². The zero-order valence-corrected chi connectivity index (χ0v) is 24.7. The Bertz CT molecular complexity index is 1430. The molecule has 1 unspecified atom stereocenters. The van der Waals surface area contributed by atoms with Gasteiger partial charge in [0.15, 0.2) is 0 Å². The highest BCUT2D eigenvalue weighted by atomic mass is 16.5. The van der Waals surface area contributed by atoms with E-state index in [0.717, 1.165) is 66.4 Å². The minimum atomic E-state index is -1.15. The van der Waals surface area contributed by atoms with E-state index in [0.29, 0.717) is 38.0 Å². The molecule has 12 nitrogen and oxygen atoms in total. The highest BCUT2D eigenvalue weighted by molar-refractivity contribution is 6.23. The van der Waals surface area contributed by atoms with Crippen molar-refractivity contribution >= 4 is 47.3 Å². The summed E-state index contributed by atoms with van der Waals surface area (Å²) in [5, 5.41) is 14.7. The van der Waals surface area contributed by atoms with Gasteiger partial charge in [-0.3, -0.25) is 19.3 Å². The molecule has 44 heavy (non-hydrogen) atoms. The number of nitrogens with two attached hydrogens (primary N) is 1. The van der Waals surface area contributed by atoms with Crippen LogP contribution in [0.15, 0.2) is 42.6 Å². The number of carbonyl (C=O) groups is 4. The number of aldehydes is 1. The van der Waals surface area contributed by atoms with Crippen LogP contribution in [0.25, 0.3) is 5.57 Å². The van der Waals surface area contributed by atoms with Gasteiger partial charge in [0, 0.05) is 55.8 Å². The van der Waals surface area contributed by atoms with Crippen LogP contribution in [0.5, 0.6) is 0 Å². The monoisotopic (exact) mass is 601 g/mol. The number of nitrogens with zero attached hydrogens (tertiary/aromatic N) is 3. The summed E-state index contributed by atoms with van der Waals surface area (Å²) >= 11 is 0. The third-order valence-corrected chi connectivity index (χ3v) is 8.47. The summed E-state index contributed by atoms with van der Waals surface area (Å²) in [6.45, 7) is 3.73. The minimum Gasteiger partial charge on any atom is -0.388 e. The first kappa shape index (κ1) is 30.9. The number of ether oxygens (including phenoxy) is 1. The molecule has 1 saturated carbocycles. The highest BCUT2D eigenvalue weighted by Gasteiger charge is 2.42. The summed E-state index contributed by atoms with van der Waals surface area (Å²) in [5.41, 5.74) is 8.13. The molecule has 1 aromatic carbocycles. The standard InChI is InChI=1S/C32H39N7O5/c33-19-22(27-5-1-7-29(37-27)38-11-14-44-15-12-38)20-36-24-16-21(17-24)4-2-10-35-23-8-9-25-26(18-23)32(43)39(31(25)42)28(30(34)41)6-3-13-40/h1,5,7-9,13,18-21,24,28,33,35-36H,2-4,6,10-12,14-17H2,(H2,34,41)/b22-20+,33-19?. The van der Waals surface area contributed by atoms with Crippen LogP contribution >= 0.6 is 0 Å². The Kier molecular flexibility index (Phi) is 10.0. The number of aromatic nitrogens is 1. The van der Waals surface area contributed by atoms with E-state index >= 15 is 0 Å². The summed E-state index contributed by atoms with van der Waals surface area (Å²) in [6.07, 6.45) is 8.01. The predicted molar refractivity (Wildman–Crippen MR) is 167 cm³/mol. The molecule has 0 spiro atoms. The maximum atomic E-state index is 13.0. The van der Waals surface area contributed by atoms with Gasteiger partial charge in [0.05, 0.1) is 30.0 Å².